The maximum absolute atomic E-state index is 12.6. The van der Waals surface area contributed by atoms with Crippen molar-refractivity contribution >= 4 is 5.91 Å². The van der Waals surface area contributed by atoms with E-state index >= 15 is 0 Å². The van der Waals surface area contributed by atoms with Crippen LogP contribution in [0.4, 0.5) is 13.2 Å². The first kappa shape index (κ1) is 19.6. The van der Waals surface area contributed by atoms with Crippen LogP contribution in [0.1, 0.15) is 39.1 Å². The van der Waals surface area contributed by atoms with E-state index in [1.54, 1.807) is 0 Å². The number of nitrogens with two attached hydrogens (primary N) is 1. The largest absolute Gasteiger partial charge is 0.446 e. The van der Waals surface area contributed by atoms with E-state index in [-0.39, 0.29) is 18.1 Å². The minimum atomic E-state index is -4.39. The van der Waals surface area contributed by atoms with E-state index in [1.807, 2.05) is 30.3 Å². The molecule has 146 valence electrons. The topological polar surface area (TPSA) is 81.1 Å². The van der Waals surface area contributed by atoms with Gasteiger partial charge >= 0.3 is 6.18 Å². The predicted molar refractivity (Wildman–Crippen MR) is 96.2 cm³/mol. The van der Waals surface area contributed by atoms with Crippen LogP contribution in [0.2, 0.25) is 0 Å². The first-order valence-electron chi connectivity index (χ1n) is 8.52. The molecule has 1 atom stereocenters. The number of hydrogen-bond donors (Lipinski definition) is 2. The summed E-state index contributed by atoms with van der Waals surface area (Å²) in [5.74, 6) is -0.259. The van der Waals surface area contributed by atoms with E-state index < -0.39 is 23.7 Å². The van der Waals surface area contributed by atoms with Gasteiger partial charge < -0.3 is 15.5 Å². The third-order valence-electron chi connectivity index (χ3n) is 4.10. The monoisotopic (exact) mass is 389 g/mol. The summed E-state index contributed by atoms with van der Waals surface area (Å²) in [5.41, 5.74) is 6.94. The molecule has 3 rings (SSSR count). The molecular formula is C20H18F3N3O2. The van der Waals surface area contributed by atoms with Gasteiger partial charge in [0.15, 0.2) is 5.69 Å². The normalized spacial score (nSPS) is 12.6. The molecule has 1 amide bonds. The zero-order valence-corrected chi connectivity index (χ0v) is 14.7. The van der Waals surface area contributed by atoms with Crippen LogP contribution >= 0.6 is 0 Å². The van der Waals surface area contributed by atoms with E-state index in [1.165, 1.54) is 18.4 Å². The maximum Gasteiger partial charge on any atom is 0.416 e. The molecule has 0 aliphatic carbocycles. The van der Waals surface area contributed by atoms with Gasteiger partial charge in [-0.05, 0) is 29.7 Å². The highest BCUT2D eigenvalue weighted by molar-refractivity contribution is 5.91. The standard InChI is InChI=1S/C20H18F3N3O2/c21-20(22,23)15-8-6-14(7-9-15)11-25-18(27)17-12-28-19(26-17)16(24)10-13-4-2-1-3-5-13/h1-9,12,16H,10-11,24H2,(H,25,27). The van der Waals surface area contributed by atoms with Crippen LogP contribution in [-0.2, 0) is 19.1 Å². The molecule has 0 bridgehead atoms. The second-order valence-electron chi connectivity index (χ2n) is 6.24. The van der Waals surface area contributed by atoms with Gasteiger partial charge in [0.1, 0.15) is 6.26 Å². The lowest BCUT2D eigenvalue weighted by Crippen LogP contribution is -2.23. The van der Waals surface area contributed by atoms with Gasteiger partial charge in [-0.2, -0.15) is 13.2 Å². The van der Waals surface area contributed by atoms with Gasteiger partial charge in [-0.1, -0.05) is 42.5 Å². The molecule has 0 saturated carbocycles. The van der Waals surface area contributed by atoms with E-state index in [9.17, 15) is 18.0 Å². The van der Waals surface area contributed by atoms with Gasteiger partial charge in [0.2, 0.25) is 5.89 Å². The Balaban J connectivity index is 1.56. The van der Waals surface area contributed by atoms with Crippen molar-refractivity contribution in [3.05, 3.63) is 89.1 Å². The highest BCUT2D eigenvalue weighted by Crippen LogP contribution is 2.29. The summed E-state index contributed by atoms with van der Waals surface area (Å²) in [7, 11) is 0. The van der Waals surface area contributed by atoms with Crippen LogP contribution in [0.25, 0.3) is 0 Å². The molecule has 0 saturated heterocycles. The second-order valence-corrected chi connectivity index (χ2v) is 6.24. The lowest BCUT2D eigenvalue weighted by molar-refractivity contribution is -0.137. The second kappa shape index (κ2) is 8.26. The minimum absolute atomic E-state index is 0.0606. The summed E-state index contributed by atoms with van der Waals surface area (Å²) in [6, 6.07) is 13.6. The summed E-state index contributed by atoms with van der Waals surface area (Å²) in [4.78, 5) is 16.3. The molecule has 5 nitrogen and oxygen atoms in total. The predicted octanol–water partition coefficient (Wildman–Crippen LogP) is 3.87. The third-order valence-corrected chi connectivity index (χ3v) is 4.10. The Labute approximate surface area is 159 Å². The summed E-state index contributed by atoms with van der Waals surface area (Å²) >= 11 is 0. The molecule has 1 heterocycles. The molecule has 0 radical (unpaired) electrons. The first-order chi connectivity index (χ1) is 13.3. The van der Waals surface area contributed by atoms with E-state index in [0.717, 1.165) is 17.7 Å². The Hall–Kier alpha value is -3.13. The number of rotatable bonds is 6. The number of carbonyl (C=O) groups is 1. The van der Waals surface area contributed by atoms with Gasteiger partial charge in [0.25, 0.3) is 5.91 Å². The highest BCUT2D eigenvalue weighted by atomic mass is 19.4. The minimum Gasteiger partial charge on any atom is -0.446 e. The molecule has 1 unspecified atom stereocenters. The van der Waals surface area contributed by atoms with Gasteiger partial charge in [0, 0.05) is 6.54 Å². The molecule has 2 aromatic carbocycles. The van der Waals surface area contributed by atoms with E-state index in [4.69, 9.17) is 10.2 Å². The van der Waals surface area contributed by atoms with Gasteiger partial charge in [-0.15, -0.1) is 0 Å². The number of oxazole rings is 1. The van der Waals surface area contributed by atoms with E-state index in [0.29, 0.717) is 12.0 Å². The fraction of sp³-hybridized carbons (Fsp3) is 0.200. The first-order valence-corrected chi connectivity index (χ1v) is 8.52. The average Bonchev–Trinajstić information content (AvgIpc) is 3.17. The molecule has 1 aromatic heterocycles. The van der Waals surface area contributed by atoms with Crippen molar-refractivity contribution < 1.29 is 22.4 Å². The number of amides is 1. The zero-order chi connectivity index (χ0) is 20.1. The molecule has 8 heteroatoms. The van der Waals surface area contributed by atoms with E-state index in [2.05, 4.69) is 10.3 Å². The Morgan fingerprint density at radius 2 is 1.75 bits per heavy atom. The van der Waals surface area contributed by atoms with Crippen LogP contribution in [-0.4, -0.2) is 10.9 Å². The Morgan fingerprint density at radius 1 is 1.07 bits per heavy atom. The lowest BCUT2D eigenvalue weighted by atomic mass is 10.1. The van der Waals surface area contributed by atoms with Gasteiger partial charge in [-0.3, -0.25) is 4.79 Å². The summed E-state index contributed by atoms with van der Waals surface area (Å²) in [5, 5.41) is 2.59. The number of alkyl halides is 3. The molecule has 28 heavy (non-hydrogen) atoms. The molecule has 3 N–H and O–H groups in total. The van der Waals surface area contributed by atoms with Crippen molar-refractivity contribution in [1.29, 1.82) is 0 Å². The molecule has 0 aliphatic heterocycles. The van der Waals surface area contributed by atoms with Crippen molar-refractivity contribution in [1.82, 2.24) is 10.3 Å². The molecule has 0 fully saturated rings. The van der Waals surface area contributed by atoms with Crippen LogP contribution in [0.5, 0.6) is 0 Å². The number of nitrogens with zero attached hydrogens (tertiary/aromatic N) is 1. The average molecular weight is 389 g/mol. The van der Waals surface area contributed by atoms with Crippen molar-refractivity contribution in [2.24, 2.45) is 5.73 Å². The molecule has 0 aliphatic rings. The summed E-state index contributed by atoms with van der Waals surface area (Å²) < 4.78 is 43.0. The van der Waals surface area contributed by atoms with Crippen LogP contribution in [0, 0.1) is 0 Å². The highest BCUT2D eigenvalue weighted by Gasteiger charge is 2.29. The number of carbonyl (C=O) groups excluding carboxylic acids is 1. The number of benzene rings is 2. The number of halogens is 3. The Morgan fingerprint density at radius 3 is 2.39 bits per heavy atom. The summed E-state index contributed by atoms with van der Waals surface area (Å²) in [6.45, 7) is 0.0647. The number of nitrogens with one attached hydrogen (secondary N) is 1. The number of hydrogen-bond acceptors (Lipinski definition) is 4. The quantitative estimate of drug-likeness (QED) is 0.671. The lowest BCUT2D eigenvalue weighted by Gasteiger charge is -2.08. The zero-order valence-electron chi connectivity index (χ0n) is 14.7. The summed E-state index contributed by atoms with van der Waals surface area (Å²) in [6.07, 6.45) is -2.67. The molecular weight excluding hydrogens is 371 g/mol. The fourth-order valence-electron chi connectivity index (χ4n) is 2.60. The molecule has 3 aromatic rings. The van der Waals surface area contributed by atoms with Gasteiger partial charge in [-0.25, -0.2) is 4.98 Å². The Bertz CT molecular complexity index is 922. The third kappa shape index (κ3) is 4.98. The van der Waals surface area contributed by atoms with Crippen LogP contribution < -0.4 is 11.1 Å². The smallest absolute Gasteiger partial charge is 0.416 e. The Kier molecular flexibility index (Phi) is 5.79. The molecule has 0 spiro atoms. The van der Waals surface area contributed by atoms with Gasteiger partial charge in [0.05, 0.1) is 11.6 Å². The van der Waals surface area contributed by atoms with Crippen molar-refractivity contribution in [2.45, 2.75) is 25.2 Å². The maximum atomic E-state index is 12.6. The van der Waals surface area contributed by atoms with Crippen molar-refractivity contribution in [2.75, 3.05) is 0 Å². The van der Waals surface area contributed by atoms with Crippen LogP contribution in [0.15, 0.2) is 65.3 Å². The fourth-order valence-corrected chi connectivity index (χ4v) is 2.60. The van der Waals surface area contributed by atoms with Crippen molar-refractivity contribution in [3.8, 4) is 0 Å². The number of aromatic nitrogens is 1. The van der Waals surface area contributed by atoms with Crippen molar-refractivity contribution in [3.63, 3.8) is 0 Å². The van der Waals surface area contributed by atoms with Crippen LogP contribution in [0.3, 0.4) is 0 Å². The SMILES string of the molecule is NC(Cc1ccccc1)c1nc(C(=O)NCc2ccc(C(F)(F)F)cc2)co1.